The second-order valence-electron chi connectivity index (χ2n) is 6.73. The van der Waals surface area contributed by atoms with Crippen LogP contribution in [0.15, 0.2) is 34.7 Å². The number of rotatable bonds is 6. The number of sulfonamides is 1. The predicted octanol–water partition coefficient (Wildman–Crippen LogP) is 2.81. The summed E-state index contributed by atoms with van der Waals surface area (Å²) in [5.41, 5.74) is -0.674. The smallest absolute Gasteiger partial charge is 0.287 e. The van der Waals surface area contributed by atoms with E-state index >= 15 is 0 Å². The van der Waals surface area contributed by atoms with Crippen molar-refractivity contribution in [2.45, 2.75) is 37.8 Å². The Morgan fingerprint density at radius 2 is 1.89 bits per heavy atom. The Hall–Kier alpha value is -2.26. The summed E-state index contributed by atoms with van der Waals surface area (Å²) in [6.07, 6.45) is 3.69. The second kappa shape index (κ2) is 7.40. The number of benzene rings is 1. The lowest BCUT2D eigenvalue weighted by atomic mass is 9.87. The van der Waals surface area contributed by atoms with Crippen LogP contribution in [0.1, 0.15) is 47.6 Å². The highest BCUT2D eigenvalue weighted by atomic mass is 32.2. The lowest BCUT2D eigenvalue weighted by Gasteiger charge is -2.31. The summed E-state index contributed by atoms with van der Waals surface area (Å²) < 4.78 is 57.5. The van der Waals surface area contributed by atoms with Crippen molar-refractivity contribution in [2.24, 2.45) is 0 Å². The third-order valence-electron chi connectivity index (χ3n) is 4.65. The highest BCUT2D eigenvalue weighted by Crippen LogP contribution is 2.40. The number of nitrogens with one attached hydrogen (secondary N) is 2. The highest BCUT2D eigenvalue weighted by molar-refractivity contribution is 7.88. The standard InChI is InChI=1S/C18H20F2N2O4S/c1-27(24,25)21-11-13-5-7-16(26-13)17(23)22-18(8-2-3-9-18)14-6-4-12(19)10-15(14)20/h4-7,10,21H,2-3,8-9,11H2,1H3,(H,22,23). The molecule has 0 aliphatic heterocycles. The van der Waals surface area contributed by atoms with Crippen LogP contribution in [-0.2, 0) is 22.1 Å². The molecule has 1 saturated carbocycles. The average Bonchev–Trinajstić information content (AvgIpc) is 3.22. The molecule has 2 N–H and O–H groups in total. The number of hydrogen-bond donors (Lipinski definition) is 2. The van der Waals surface area contributed by atoms with Gasteiger partial charge in [-0.25, -0.2) is 21.9 Å². The van der Waals surface area contributed by atoms with Gasteiger partial charge in [0.1, 0.15) is 17.4 Å². The molecule has 1 aliphatic carbocycles. The maximum absolute atomic E-state index is 14.3. The molecule has 3 rings (SSSR count). The van der Waals surface area contributed by atoms with E-state index in [1.807, 2.05) is 0 Å². The molecule has 1 amide bonds. The average molecular weight is 398 g/mol. The molecule has 146 valence electrons. The zero-order valence-electron chi connectivity index (χ0n) is 14.7. The minimum absolute atomic E-state index is 0.00547. The van der Waals surface area contributed by atoms with Gasteiger partial charge in [-0.1, -0.05) is 18.9 Å². The molecular weight excluding hydrogens is 378 g/mol. The van der Waals surface area contributed by atoms with Crippen molar-refractivity contribution < 1.29 is 26.4 Å². The highest BCUT2D eigenvalue weighted by Gasteiger charge is 2.39. The van der Waals surface area contributed by atoms with Gasteiger partial charge in [-0.3, -0.25) is 4.79 Å². The first-order valence-electron chi connectivity index (χ1n) is 8.50. The van der Waals surface area contributed by atoms with E-state index in [-0.39, 0.29) is 23.6 Å². The van der Waals surface area contributed by atoms with Gasteiger partial charge in [0, 0.05) is 11.6 Å². The number of furan rings is 1. The molecule has 27 heavy (non-hydrogen) atoms. The maximum Gasteiger partial charge on any atom is 0.287 e. The van der Waals surface area contributed by atoms with Gasteiger partial charge in [0.2, 0.25) is 10.0 Å². The van der Waals surface area contributed by atoms with Crippen molar-refractivity contribution in [1.82, 2.24) is 10.0 Å². The van der Waals surface area contributed by atoms with Crippen LogP contribution in [0.25, 0.3) is 0 Å². The quantitative estimate of drug-likeness (QED) is 0.783. The zero-order valence-corrected chi connectivity index (χ0v) is 15.5. The Labute approximate surface area is 156 Å². The van der Waals surface area contributed by atoms with Crippen molar-refractivity contribution in [1.29, 1.82) is 0 Å². The van der Waals surface area contributed by atoms with Crippen LogP contribution < -0.4 is 10.0 Å². The van der Waals surface area contributed by atoms with Gasteiger partial charge in [0.05, 0.1) is 18.3 Å². The zero-order chi connectivity index (χ0) is 19.7. The monoisotopic (exact) mass is 398 g/mol. The Morgan fingerprint density at radius 1 is 1.19 bits per heavy atom. The van der Waals surface area contributed by atoms with Crippen molar-refractivity contribution >= 4 is 15.9 Å². The molecule has 6 nitrogen and oxygen atoms in total. The second-order valence-corrected chi connectivity index (χ2v) is 8.56. The molecular formula is C18H20F2N2O4S. The van der Waals surface area contributed by atoms with Crippen LogP contribution in [0, 0.1) is 11.6 Å². The summed E-state index contributed by atoms with van der Waals surface area (Å²) in [6, 6.07) is 6.26. The lowest BCUT2D eigenvalue weighted by molar-refractivity contribution is 0.0866. The van der Waals surface area contributed by atoms with Gasteiger partial charge in [-0.2, -0.15) is 0 Å². The molecule has 1 heterocycles. The third kappa shape index (κ3) is 4.54. The Balaban J connectivity index is 1.79. The molecule has 0 bridgehead atoms. The summed E-state index contributed by atoms with van der Waals surface area (Å²) in [6.45, 7) is -0.0795. The fourth-order valence-electron chi connectivity index (χ4n) is 3.39. The summed E-state index contributed by atoms with van der Waals surface area (Å²) in [5, 5.41) is 2.84. The molecule has 1 fully saturated rings. The van der Waals surface area contributed by atoms with E-state index in [4.69, 9.17) is 4.42 Å². The first-order valence-corrected chi connectivity index (χ1v) is 10.4. The lowest BCUT2D eigenvalue weighted by Crippen LogP contribution is -2.44. The van der Waals surface area contributed by atoms with E-state index in [2.05, 4.69) is 10.0 Å². The topological polar surface area (TPSA) is 88.4 Å². The maximum atomic E-state index is 14.3. The van der Waals surface area contributed by atoms with Gasteiger partial charge in [0.25, 0.3) is 5.91 Å². The molecule has 0 saturated heterocycles. The van der Waals surface area contributed by atoms with Crippen LogP contribution in [0.2, 0.25) is 0 Å². The molecule has 0 unspecified atom stereocenters. The largest absolute Gasteiger partial charge is 0.455 e. The summed E-state index contributed by atoms with van der Waals surface area (Å²) >= 11 is 0. The fourth-order valence-corrected chi connectivity index (χ4v) is 3.80. The number of carbonyl (C=O) groups is 1. The van der Waals surface area contributed by atoms with E-state index in [1.54, 1.807) is 0 Å². The van der Waals surface area contributed by atoms with E-state index in [0.29, 0.717) is 12.8 Å². The fraction of sp³-hybridized carbons (Fsp3) is 0.389. The Kier molecular flexibility index (Phi) is 5.34. The van der Waals surface area contributed by atoms with Crippen LogP contribution >= 0.6 is 0 Å². The van der Waals surface area contributed by atoms with Gasteiger partial charge in [-0.15, -0.1) is 0 Å². The number of amides is 1. The molecule has 1 aliphatic rings. The van der Waals surface area contributed by atoms with Crippen molar-refractivity contribution in [3.8, 4) is 0 Å². The third-order valence-corrected chi connectivity index (χ3v) is 5.32. The Bertz CT molecular complexity index is 950. The van der Waals surface area contributed by atoms with Gasteiger partial charge in [0.15, 0.2) is 5.76 Å². The minimum atomic E-state index is -3.39. The predicted molar refractivity (Wildman–Crippen MR) is 94.4 cm³/mol. The van der Waals surface area contributed by atoms with E-state index in [1.165, 1.54) is 24.3 Å². The molecule has 2 aromatic rings. The SMILES string of the molecule is CS(=O)(=O)NCc1ccc(C(=O)NC2(c3ccc(F)cc3F)CCCC2)o1. The van der Waals surface area contributed by atoms with Crippen LogP contribution in [0.3, 0.4) is 0 Å². The van der Waals surface area contributed by atoms with E-state index in [0.717, 1.165) is 25.2 Å². The van der Waals surface area contributed by atoms with Crippen LogP contribution in [0.4, 0.5) is 8.78 Å². The summed E-state index contributed by atoms with van der Waals surface area (Å²) in [4.78, 5) is 12.6. The van der Waals surface area contributed by atoms with Gasteiger partial charge < -0.3 is 9.73 Å². The molecule has 0 atom stereocenters. The number of halogens is 2. The minimum Gasteiger partial charge on any atom is -0.455 e. The first kappa shape index (κ1) is 19.5. The van der Waals surface area contributed by atoms with Gasteiger partial charge in [-0.05, 0) is 31.0 Å². The molecule has 1 aromatic heterocycles. The van der Waals surface area contributed by atoms with Crippen molar-refractivity contribution in [3.05, 3.63) is 59.1 Å². The molecule has 0 spiro atoms. The molecule has 0 radical (unpaired) electrons. The van der Waals surface area contributed by atoms with Crippen molar-refractivity contribution in [3.63, 3.8) is 0 Å². The number of hydrogen-bond acceptors (Lipinski definition) is 4. The van der Waals surface area contributed by atoms with E-state index < -0.39 is 33.1 Å². The molecule has 9 heteroatoms. The van der Waals surface area contributed by atoms with Crippen molar-refractivity contribution in [2.75, 3.05) is 6.26 Å². The number of carbonyl (C=O) groups excluding carboxylic acids is 1. The van der Waals surface area contributed by atoms with E-state index in [9.17, 15) is 22.0 Å². The normalized spacial score (nSPS) is 16.4. The first-order chi connectivity index (χ1) is 12.7. The summed E-state index contributed by atoms with van der Waals surface area (Å²) in [5.74, 6) is -1.64. The van der Waals surface area contributed by atoms with Crippen LogP contribution in [-0.4, -0.2) is 20.6 Å². The van der Waals surface area contributed by atoms with Crippen LogP contribution in [0.5, 0.6) is 0 Å². The summed E-state index contributed by atoms with van der Waals surface area (Å²) in [7, 11) is -3.39. The Morgan fingerprint density at radius 3 is 2.52 bits per heavy atom. The van der Waals surface area contributed by atoms with Gasteiger partial charge >= 0.3 is 0 Å². The molecule has 1 aromatic carbocycles.